The van der Waals surface area contributed by atoms with Gasteiger partial charge in [-0.3, -0.25) is 0 Å². The van der Waals surface area contributed by atoms with Gasteiger partial charge in [-0.05, 0) is 46.7 Å². The van der Waals surface area contributed by atoms with Gasteiger partial charge in [0.1, 0.15) is 22.7 Å². The number of benzene rings is 1. The predicted molar refractivity (Wildman–Crippen MR) is 111 cm³/mol. The maximum absolute atomic E-state index is 9.75. The molecule has 5 rings (SSSR count). The fourth-order valence-corrected chi connectivity index (χ4v) is 4.39. The van der Waals surface area contributed by atoms with Gasteiger partial charge in [-0.1, -0.05) is 24.3 Å². The molecule has 0 fully saturated rings. The van der Waals surface area contributed by atoms with Gasteiger partial charge in [-0.15, -0.1) is 22.7 Å². The van der Waals surface area contributed by atoms with E-state index in [0.717, 1.165) is 37.8 Å². The van der Waals surface area contributed by atoms with E-state index >= 15 is 0 Å². The van der Waals surface area contributed by atoms with E-state index < -0.39 is 0 Å². The molecule has 6 heteroatoms. The SMILES string of the molecule is Oc1cccc(-c2cnc3nc(-c4cccs4)c(-c4cccs4)nc3c2)c1. The zero-order valence-corrected chi connectivity index (χ0v) is 15.7. The molecule has 0 aliphatic heterocycles. The molecular weight excluding hydrogens is 374 g/mol. The van der Waals surface area contributed by atoms with Crippen LogP contribution in [0.4, 0.5) is 0 Å². The molecule has 4 heterocycles. The zero-order chi connectivity index (χ0) is 18.2. The van der Waals surface area contributed by atoms with Gasteiger partial charge < -0.3 is 5.11 Å². The first kappa shape index (κ1) is 16.1. The molecule has 0 amide bonds. The molecule has 1 aromatic carbocycles. The van der Waals surface area contributed by atoms with Gasteiger partial charge in [0.25, 0.3) is 0 Å². The van der Waals surface area contributed by atoms with Crippen LogP contribution in [0.15, 0.2) is 71.6 Å². The number of fused-ring (bicyclic) bond motifs is 1. The molecule has 4 nitrogen and oxygen atoms in total. The number of aromatic nitrogens is 3. The van der Waals surface area contributed by atoms with E-state index in [1.807, 2.05) is 41.1 Å². The fourth-order valence-electron chi connectivity index (χ4n) is 2.96. The summed E-state index contributed by atoms with van der Waals surface area (Å²) in [7, 11) is 0. The summed E-state index contributed by atoms with van der Waals surface area (Å²) in [4.78, 5) is 16.4. The molecule has 0 aliphatic rings. The monoisotopic (exact) mass is 387 g/mol. The van der Waals surface area contributed by atoms with Crippen molar-refractivity contribution in [2.45, 2.75) is 0 Å². The summed E-state index contributed by atoms with van der Waals surface area (Å²) in [6, 6.07) is 17.3. The Balaban J connectivity index is 1.73. The van der Waals surface area contributed by atoms with Crippen molar-refractivity contribution in [2.24, 2.45) is 0 Å². The van der Waals surface area contributed by atoms with Crippen LogP contribution < -0.4 is 0 Å². The van der Waals surface area contributed by atoms with Crippen molar-refractivity contribution in [3.8, 4) is 38.0 Å². The Morgan fingerprint density at radius 2 is 1.48 bits per heavy atom. The Kier molecular flexibility index (Phi) is 3.92. The standard InChI is InChI=1S/C21H13N3OS2/c25-15-5-1-4-13(10-15)14-11-16-21(22-12-14)24-20(18-7-3-9-27-18)19(23-16)17-6-2-8-26-17/h1-12,25H. The maximum Gasteiger partial charge on any atom is 0.178 e. The minimum Gasteiger partial charge on any atom is -0.508 e. The summed E-state index contributed by atoms with van der Waals surface area (Å²) in [6.07, 6.45) is 1.77. The van der Waals surface area contributed by atoms with E-state index in [1.165, 1.54) is 0 Å². The number of hydrogen-bond acceptors (Lipinski definition) is 6. The van der Waals surface area contributed by atoms with Gasteiger partial charge >= 0.3 is 0 Å². The topological polar surface area (TPSA) is 58.9 Å². The van der Waals surface area contributed by atoms with Crippen LogP contribution in [0.5, 0.6) is 5.75 Å². The molecule has 27 heavy (non-hydrogen) atoms. The number of pyridine rings is 1. The second-order valence-electron chi connectivity index (χ2n) is 5.99. The predicted octanol–water partition coefficient (Wildman–Crippen LogP) is 5.85. The molecule has 0 radical (unpaired) electrons. The van der Waals surface area contributed by atoms with Crippen molar-refractivity contribution in [3.05, 3.63) is 71.6 Å². The van der Waals surface area contributed by atoms with Crippen molar-refractivity contribution < 1.29 is 5.11 Å². The van der Waals surface area contributed by atoms with Crippen LogP contribution in [-0.2, 0) is 0 Å². The molecule has 4 aromatic heterocycles. The molecule has 0 unspecified atom stereocenters. The maximum atomic E-state index is 9.75. The highest BCUT2D eigenvalue weighted by Gasteiger charge is 2.16. The Hall–Kier alpha value is -3.09. The Bertz CT molecular complexity index is 1230. The highest BCUT2D eigenvalue weighted by atomic mass is 32.1. The largest absolute Gasteiger partial charge is 0.508 e. The van der Waals surface area contributed by atoms with Crippen LogP contribution in [0, 0.1) is 0 Å². The molecule has 130 valence electrons. The van der Waals surface area contributed by atoms with E-state index in [-0.39, 0.29) is 5.75 Å². The quantitative estimate of drug-likeness (QED) is 0.421. The summed E-state index contributed by atoms with van der Waals surface area (Å²) in [5, 5.41) is 13.8. The molecule has 0 spiro atoms. The normalized spacial score (nSPS) is 11.1. The fraction of sp³-hybridized carbons (Fsp3) is 0. The number of aromatic hydroxyl groups is 1. The minimum absolute atomic E-state index is 0.228. The lowest BCUT2D eigenvalue weighted by atomic mass is 10.1. The lowest BCUT2D eigenvalue weighted by molar-refractivity contribution is 0.475. The summed E-state index contributed by atoms with van der Waals surface area (Å²) < 4.78 is 0. The zero-order valence-electron chi connectivity index (χ0n) is 14.0. The second kappa shape index (κ2) is 6.57. The molecule has 0 bridgehead atoms. The van der Waals surface area contributed by atoms with E-state index in [4.69, 9.17) is 9.97 Å². The molecule has 0 saturated heterocycles. The third kappa shape index (κ3) is 2.99. The van der Waals surface area contributed by atoms with E-state index in [2.05, 4.69) is 17.1 Å². The average Bonchev–Trinajstić information content (AvgIpc) is 3.40. The lowest BCUT2D eigenvalue weighted by Crippen LogP contribution is -1.95. The number of thiophene rings is 2. The number of rotatable bonds is 3. The first-order chi connectivity index (χ1) is 13.3. The first-order valence-corrected chi connectivity index (χ1v) is 10.1. The van der Waals surface area contributed by atoms with Crippen molar-refractivity contribution >= 4 is 33.8 Å². The van der Waals surface area contributed by atoms with Crippen LogP contribution in [-0.4, -0.2) is 20.1 Å². The van der Waals surface area contributed by atoms with Gasteiger partial charge in [0.05, 0.1) is 9.75 Å². The average molecular weight is 387 g/mol. The molecule has 0 atom stereocenters. The van der Waals surface area contributed by atoms with Gasteiger partial charge in [-0.25, -0.2) is 15.0 Å². The molecular formula is C21H13N3OS2. The number of hydrogen-bond donors (Lipinski definition) is 1. The first-order valence-electron chi connectivity index (χ1n) is 8.33. The Morgan fingerprint density at radius 3 is 2.15 bits per heavy atom. The molecule has 0 aliphatic carbocycles. The third-order valence-electron chi connectivity index (χ3n) is 4.21. The number of nitrogens with zero attached hydrogens (tertiary/aromatic N) is 3. The van der Waals surface area contributed by atoms with Crippen LogP contribution in [0.1, 0.15) is 0 Å². The van der Waals surface area contributed by atoms with Crippen molar-refractivity contribution in [1.29, 1.82) is 0 Å². The number of phenolic OH excluding ortho intramolecular Hbond substituents is 1. The molecule has 1 N–H and O–H groups in total. The van der Waals surface area contributed by atoms with Gasteiger partial charge in [0.2, 0.25) is 0 Å². The lowest BCUT2D eigenvalue weighted by Gasteiger charge is -2.08. The van der Waals surface area contributed by atoms with Gasteiger partial charge in [0, 0.05) is 11.8 Å². The summed E-state index contributed by atoms with van der Waals surface area (Å²) >= 11 is 3.29. The van der Waals surface area contributed by atoms with Crippen LogP contribution in [0.3, 0.4) is 0 Å². The van der Waals surface area contributed by atoms with Gasteiger partial charge in [0.15, 0.2) is 5.65 Å². The second-order valence-corrected chi connectivity index (χ2v) is 7.89. The van der Waals surface area contributed by atoms with E-state index in [9.17, 15) is 5.11 Å². The number of phenols is 1. The third-order valence-corrected chi connectivity index (χ3v) is 5.96. The highest BCUT2D eigenvalue weighted by molar-refractivity contribution is 7.14. The van der Waals surface area contributed by atoms with Crippen LogP contribution >= 0.6 is 22.7 Å². The van der Waals surface area contributed by atoms with Crippen molar-refractivity contribution in [3.63, 3.8) is 0 Å². The van der Waals surface area contributed by atoms with Gasteiger partial charge in [-0.2, -0.15) is 0 Å². The van der Waals surface area contributed by atoms with Crippen LogP contribution in [0.25, 0.3) is 43.4 Å². The summed E-state index contributed by atoms with van der Waals surface area (Å²) in [6.45, 7) is 0. The van der Waals surface area contributed by atoms with E-state index in [1.54, 1.807) is 41.0 Å². The summed E-state index contributed by atoms with van der Waals surface area (Å²) in [5.74, 6) is 0.228. The molecule has 0 saturated carbocycles. The molecule has 5 aromatic rings. The Morgan fingerprint density at radius 1 is 0.741 bits per heavy atom. The summed E-state index contributed by atoms with van der Waals surface area (Å²) in [5.41, 5.74) is 4.87. The van der Waals surface area contributed by atoms with E-state index in [0.29, 0.717) is 5.65 Å². The van der Waals surface area contributed by atoms with Crippen molar-refractivity contribution in [2.75, 3.05) is 0 Å². The minimum atomic E-state index is 0.228. The Labute approximate surface area is 163 Å². The van der Waals surface area contributed by atoms with Crippen LogP contribution in [0.2, 0.25) is 0 Å². The highest BCUT2D eigenvalue weighted by Crippen LogP contribution is 2.35. The smallest absolute Gasteiger partial charge is 0.178 e. The van der Waals surface area contributed by atoms with Crippen molar-refractivity contribution in [1.82, 2.24) is 15.0 Å².